The molecule has 1 aliphatic heterocycles. The molecule has 34 heavy (non-hydrogen) atoms. The average molecular weight is 483 g/mol. The summed E-state index contributed by atoms with van der Waals surface area (Å²) in [5.74, 6) is -2.00. The first-order valence-electron chi connectivity index (χ1n) is 10.6. The number of furan rings is 1. The second-order valence-electron chi connectivity index (χ2n) is 8.25. The summed E-state index contributed by atoms with van der Waals surface area (Å²) >= 11 is 6.04. The normalized spacial score (nSPS) is 16.1. The number of aliphatic hydroxyl groups excluding tert-OH is 1. The van der Waals surface area contributed by atoms with Gasteiger partial charge in [-0.3, -0.25) is 14.4 Å². The van der Waals surface area contributed by atoms with Gasteiger partial charge in [0, 0.05) is 30.4 Å². The van der Waals surface area contributed by atoms with E-state index in [-0.39, 0.29) is 17.9 Å². The molecule has 0 spiro atoms. The Kier molecular flexibility index (Phi) is 6.45. The number of ketones is 1. The first-order valence-corrected chi connectivity index (χ1v) is 10.9. The first kappa shape index (κ1) is 23.5. The van der Waals surface area contributed by atoms with Crippen LogP contribution in [0, 0.1) is 0 Å². The summed E-state index contributed by atoms with van der Waals surface area (Å²) in [7, 11) is 3.73. The first-order chi connectivity index (χ1) is 16.2. The van der Waals surface area contributed by atoms with E-state index in [0.29, 0.717) is 33.8 Å². The lowest BCUT2D eigenvalue weighted by atomic mass is 9.95. The molecule has 0 aliphatic carbocycles. The maximum Gasteiger partial charge on any atom is 0.308 e. The Labute approximate surface area is 200 Å². The fourth-order valence-corrected chi connectivity index (χ4v) is 4.09. The van der Waals surface area contributed by atoms with Gasteiger partial charge in [0.25, 0.3) is 5.91 Å². The molecule has 0 radical (unpaired) electrons. The third-order valence-corrected chi connectivity index (χ3v) is 5.73. The number of rotatable bonds is 7. The van der Waals surface area contributed by atoms with Gasteiger partial charge in [-0.05, 0) is 56.1 Å². The molecule has 0 fully saturated rings. The summed E-state index contributed by atoms with van der Waals surface area (Å²) in [6, 6.07) is 12.1. The van der Waals surface area contributed by atoms with E-state index in [0.717, 1.165) is 0 Å². The van der Waals surface area contributed by atoms with Crippen molar-refractivity contribution >= 4 is 40.2 Å². The van der Waals surface area contributed by atoms with Crippen LogP contribution in [-0.2, 0) is 9.59 Å². The van der Waals surface area contributed by atoms with Gasteiger partial charge in [-0.15, -0.1) is 0 Å². The smallest absolute Gasteiger partial charge is 0.308 e. The van der Waals surface area contributed by atoms with Crippen LogP contribution in [-0.4, -0.2) is 59.8 Å². The highest BCUT2D eigenvalue weighted by molar-refractivity contribution is 6.31. The number of nitrogens with zero attached hydrogens (tertiary/aromatic N) is 2. The molecule has 1 atom stereocenters. The van der Waals surface area contributed by atoms with Crippen LogP contribution in [0.3, 0.4) is 0 Å². The van der Waals surface area contributed by atoms with E-state index >= 15 is 0 Å². The van der Waals surface area contributed by atoms with Crippen molar-refractivity contribution in [3.63, 3.8) is 0 Å². The van der Waals surface area contributed by atoms with Crippen LogP contribution in [0.4, 0.5) is 0 Å². The summed E-state index contributed by atoms with van der Waals surface area (Å²) in [5.41, 5.74) is 0.965. The van der Waals surface area contributed by atoms with Gasteiger partial charge in [0.05, 0.1) is 11.6 Å². The third kappa shape index (κ3) is 4.55. The van der Waals surface area contributed by atoms with Gasteiger partial charge in [0.1, 0.15) is 11.3 Å². The largest absolute Gasteiger partial charge is 0.503 e. The molecular weight excluding hydrogens is 460 g/mol. The number of hydrogen-bond acceptors (Lipinski definition) is 7. The van der Waals surface area contributed by atoms with Crippen LogP contribution in [0.5, 0.6) is 5.75 Å². The highest BCUT2D eigenvalue weighted by Crippen LogP contribution is 2.40. The highest BCUT2D eigenvalue weighted by atomic mass is 35.5. The maximum absolute atomic E-state index is 13.5. The SMILES string of the molecule is CC(=O)Oc1ccc(C2C(C(=O)c3cc4cc(Cl)ccc4o3)=C(O)C(=O)N2CCN(C)C)cc1. The van der Waals surface area contributed by atoms with Crippen LogP contribution < -0.4 is 4.74 Å². The molecule has 176 valence electrons. The van der Waals surface area contributed by atoms with Crippen molar-refractivity contribution in [1.82, 2.24) is 9.80 Å². The molecule has 4 rings (SSSR count). The lowest BCUT2D eigenvalue weighted by Gasteiger charge is -2.28. The molecule has 1 amide bonds. The lowest BCUT2D eigenvalue weighted by Crippen LogP contribution is -2.36. The Morgan fingerprint density at radius 2 is 1.85 bits per heavy atom. The number of halogens is 1. The predicted octanol–water partition coefficient (Wildman–Crippen LogP) is 4.15. The molecule has 0 saturated heterocycles. The van der Waals surface area contributed by atoms with Crippen LogP contribution in [0.15, 0.2) is 64.3 Å². The van der Waals surface area contributed by atoms with E-state index in [9.17, 15) is 19.5 Å². The number of likely N-dealkylation sites (N-methyl/N-ethyl adjacent to an activating group) is 1. The summed E-state index contributed by atoms with van der Waals surface area (Å²) in [6.45, 7) is 2.09. The molecular formula is C25H23ClN2O6. The zero-order valence-electron chi connectivity index (χ0n) is 18.9. The molecule has 2 aromatic carbocycles. The topological polar surface area (TPSA) is 100 Å². The van der Waals surface area contributed by atoms with Gasteiger partial charge < -0.3 is 24.1 Å². The molecule has 1 unspecified atom stereocenters. The molecule has 0 saturated carbocycles. The summed E-state index contributed by atoms with van der Waals surface area (Å²) in [5, 5.41) is 11.9. The molecule has 1 aromatic heterocycles. The summed E-state index contributed by atoms with van der Waals surface area (Å²) in [6.07, 6.45) is 0. The quantitative estimate of drug-likeness (QED) is 0.306. The molecule has 1 N–H and O–H groups in total. The number of carbonyl (C=O) groups excluding carboxylic acids is 3. The lowest BCUT2D eigenvalue weighted by molar-refractivity contribution is -0.132. The van der Waals surface area contributed by atoms with Gasteiger partial charge in [-0.2, -0.15) is 0 Å². The van der Waals surface area contributed by atoms with Crippen LogP contribution in [0.2, 0.25) is 5.02 Å². The van der Waals surface area contributed by atoms with Crippen molar-refractivity contribution < 1.29 is 28.6 Å². The molecule has 1 aliphatic rings. The minimum Gasteiger partial charge on any atom is -0.503 e. The monoisotopic (exact) mass is 482 g/mol. The number of Topliss-reactive ketones (excluding diaryl/α,β-unsaturated/α-hetero) is 1. The zero-order valence-corrected chi connectivity index (χ0v) is 19.6. The van der Waals surface area contributed by atoms with Gasteiger partial charge in [0.2, 0.25) is 5.78 Å². The number of fused-ring (bicyclic) bond motifs is 1. The number of benzene rings is 2. The number of esters is 1. The van der Waals surface area contributed by atoms with E-state index in [1.807, 2.05) is 19.0 Å². The Morgan fingerprint density at radius 1 is 1.15 bits per heavy atom. The molecule has 0 bridgehead atoms. The van der Waals surface area contributed by atoms with Crippen molar-refractivity contribution in [2.75, 3.05) is 27.2 Å². The summed E-state index contributed by atoms with van der Waals surface area (Å²) < 4.78 is 10.8. The minimum absolute atomic E-state index is 0.0115. The van der Waals surface area contributed by atoms with Crippen molar-refractivity contribution in [1.29, 1.82) is 0 Å². The third-order valence-electron chi connectivity index (χ3n) is 5.50. The number of aliphatic hydroxyl groups is 1. The second kappa shape index (κ2) is 9.32. The Hall–Kier alpha value is -3.62. The number of amides is 1. The van der Waals surface area contributed by atoms with Crippen LogP contribution in [0.25, 0.3) is 11.0 Å². The van der Waals surface area contributed by atoms with Crippen LogP contribution in [0.1, 0.15) is 29.1 Å². The number of carbonyl (C=O) groups is 3. The number of hydrogen-bond donors (Lipinski definition) is 1. The Balaban J connectivity index is 1.76. The molecule has 2 heterocycles. The summed E-state index contributed by atoms with van der Waals surface area (Å²) in [4.78, 5) is 41.1. The van der Waals surface area contributed by atoms with Gasteiger partial charge >= 0.3 is 5.97 Å². The van der Waals surface area contributed by atoms with Crippen molar-refractivity contribution in [2.24, 2.45) is 0 Å². The Bertz CT molecular complexity index is 1310. The molecule has 9 heteroatoms. The van der Waals surface area contributed by atoms with Gasteiger partial charge in [-0.1, -0.05) is 23.7 Å². The van der Waals surface area contributed by atoms with Gasteiger partial charge in [-0.25, -0.2) is 0 Å². The highest BCUT2D eigenvalue weighted by Gasteiger charge is 2.44. The van der Waals surface area contributed by atoms with E-state index in [2.05, 4.69) is 0 Å². The average Bonchev–Trinajstić information content (AvgIpc) is 3.31. The minimum atomic E-state index is -0.844. The second-order valence-corrected chi connectivity index (χ2v) is 8.69. The molecule has 3 aromatic rings. The zero-order chi connectivity index (χ0) is 24.6. The van der Waals surface area contributed by atoms with Crippen LogP contribution >= 0.6 is 11.6 Å². The maximum atomic E-state index is 13.5. The van der Waals surface area contributed by atoms with Crippen molar-refractivity contribution in [3.05, 3.63) is 76.2 Å². The van der Waals surface area contributed by atoms with E-state index in [4.69, 9.17) is 20.8 Å². The fraction of sp³-hybridized carbons (Fsp3) is 0.240. The standard InChI is InChI=1S/C25H23ClN2O6/c1-14(29)33-18-7-4-15(5-8-18)22-21(24(31)25(32)28(22)11-10-27(2)3)23(30)20-13-16-12-17(26)6-9-19(16)34-20/h4-9,12-13,22,31H,10-11H2,1-3H3. The fourth-order valence-electron chi connectivity index (χ4n) is 3.91. The Morgan fingerprint density at radius 3 is 2.50 bits per heavy atom. The number of ether oxygens (including phenoxy) is 1. The van der Waals surface area contributed by atoms with E-state index in [1.165, 1.54) is 17.9 Å². The van der Waals surface area contributed by atoms with E-state index in [1.54, 1.807) is 42.5 Å². The predicted molar refractivity (Wildman–Crippen MR) is 126 cm³/mol. The van der Waals surface area contributed by atoms with Crippen molar-refractivity contribution in [2.45, 2.75) is 13.0 Å². The van der Waals surface area contributed by atoms with Gasteiger partial charge in [0.15, 0.2) is 11.5 Å². The van der Waals surface area contributed by atoms with Crippen molar-refractivity contribution in [3.8, 4) is 5.75 Å². The van der Waals surface area contributed by atoms with E-state index < -0.39 is 29.5 Å². The molecule has 8 nitrogen and oxygen atoms in total.